The maximum Gasteiger partial charge on any atom is 0.0404 e. The molecule has 0 heterocycles. The van der Waals surface area contributed by atoms with Crippen molar-refractivity contribution in [3.63, 3.8) is 0 Å². The number of halogens is 1. The summed E-state index contributed by atoms with van der Waals surface area (Å²) in [6.45, 7) is 7.60. The molecule has 0 aliphatic carbocycles. The zero-order valence-electron chi connectivity index (χ0n) is 9.59. The Morgan fingerprint density at radius 3 is 2.64 bits per heavy atom. The number of allylic oxidation sites excluding steroid dienone is 1. The maximum atomic E-state index is 5.50. The fraction of sp³-hybridized carbons (Fsp3) is 0.818. The van der Waals surface area contributed by atoms with E-state index in [-0.39, 0.29) is 0 Å². The third-order valence-corrected chi connectivity index (χ3v) is 2.44. The van der Waals surface area contributed by atoms with Crippen LogP contribution in [0, 0.1) is 0 Å². The highest BCUT2D eigenvalue weighted by Gasteiger charge is 2.00. The van der Waals surface area contributed by atoms with Crippen molar-refractivity contribution < 1.29 is 0 Å². The fourth-order valence-corrected chi connectivity index (χ4v) is 1.17. The zero-order chi connectivity index (χ0) is 10.8. The predicted molar refractivity (Wildman–Crippen MR) is 65.1 cm³/mol. The van der Waals surface area contributed by atoms with Crippen LogP contribution in [0.3, 0.4) is 0 Å². The molecule has 0 amide bonds. The average Bonchev–Trinajstić information content (AvgIpc) is 2.16. The minimum absolute atomic E-state index is 0.609. The molecule has 3 heteroatoms. The van der Waals surface area contributed by atoms with Gasteiger partial charge >= 0.3 is 0 Å². The van der Waals surface area contributed by atoms with Crippen LogP contribution in [0.5, 0.6) is 0 Å². The number of hydrogen-bond donors (Lipinski definition) is 1. The highest BCUT2D eigenvalue weighted by molar-refractivity contribution is 6.18. The summed E-state index contributed by atoms with van der Waals surface area (Å²) in [4.78, 5) is 2.36. The van der Waals surface area contributed by atoms with Crippen LogP contribution in [-0.4, -0.2) is 43.5 Å². The maximum absolute atomic E-state index is 5.50. The molecule has 0 atom stereocenters. The van der Waals surface area contributed by atoms with Gasteiger partial charge in [-0.25, -0.2) is 0 Å². The highest BCUT2D eigenvalue weighted by atomic mass is 35.5. The third kappa shape index (κ3) is 8.54. The van der Waals surface area contributed by atoms with Gasteiger partial charge in [-0.1, -0.05) is 12.2 Å². The summed E-state index contributed by atoms with van der Waals surface area (Å²) < 4.78 is 0. The summed E-state index contributed by atoms with van der Waals surface area (Å²) in [6.07, 6.45) is 5.23. The molecule has 2 nitrogen and oxygen atoms in total. The lowest BCUT2D eigenvalue weighted by molar-refractivity contribution is 0.270. The lowest BCUT2D eigenvalue weighted by Gasteiger charge is -2.20. The number of rotatable bonds is 8. The van der Waals surface area contributed by atoms with Crippen LogP contribution in [-0.2, 0) is 0 Å². The van der Waals surface area contributed by atoms with E-state index in [9.17, 15) is 0 Å². The van der Waals surface area contributed by atoms with E-state index in [4.69, 9.17) is 11.6 Å². The van der Waals surface area contributed by atoms with Crippen molar-refractivity contribution in [3.8, 4) is 0 Å². The second-order valence-corrected chi connectivity index (χ2v) is 4.07. The quantitative estimate of drug-likeness (QED) is 0.382. The van der Waals surface area contributed by atoms with Gasteiger partial charge in [-0.2, -0.15) is 0 Å². The summed E-state index contributed by atoms with van der Waals surface area (Å²) in [6, 6.07) is 0.645. The molecule has 14 heavy (non-hydrogen) atoms. The van der Waals surface area contributed by atoms with Crippen LogP contribution in [0.1, 0.15) is 20.3 Å². The Balaban J connectivity index is 3.17. The van der Waals surface area contributed by atoms with Crippen LogP contribution >= 0.6 is 11.6 Å². The van der Waals surface area contributed by atoms with E-state index in [0.717, 1.165) is 19.6 Å². The molecule has 84 valence electrons. The number of nitrogens with one attached hydrogen (secondary N) is 1. The van der Waals surface area contributed by atoms with E-state index in [1.54, 1.807) is 0 Å². The van der Waals surface area contributed by atoms with Gasteiger partial charge in [0.2, 0.25) is 0 Å². The Morgan fingerprint density at radius 1 is 1.36 bits per heavy atom. The SMILES string of the molecule is CC(C)N(C)CCCNC/C=C/CCl. The smallest absolute Gasteiger partial charge is 0.0404 e. The standard InChI is InChI=1S/C11H23ClN2/c1-11(2)14(3)10-6-9-13-8-5-4-7-12/h4-5,11,13H,6-10H2,1-3H3/b5-4+. The Labute approximate surface area is 93.3 Å². The van der Waals surface area contributed by atoms with E-state index in [0.29, 0.717) is 11.9 Å². The molecule has 0 fully saturated rings. The first-order chi connectivity index (χ1) is 6.68. The van der Waals surface area contributed by atoms with Crippen molar-refractivity contribution in [2.24, 2.45) is 0 Å². The van der Waals surface area contributed by atoms with Crippen molar-refractivity contribution in [1.82, 2.24) is 10.2 Å². The van der Waals surface area contributed by atoms with Crippen LogP contribution in [0.15, 0.2) is 12.2 Å². The van der Waals surface area contributed by atoms with E-state index in [2.05, 4.69) is 37.2 Å². The van der Waals surface area contributed by atoms with Gasteiger partial charge < -0.3 is 10.2 Å². The first-order valence-corrected chi connectivity index (χ1v) is 5.84. The van der Waals surface area contributed by atoms with Gasteiger partial charge in [-0.3, -0.25) is 0 Å². The summed E-state index contributed by atoms with van der Waals surface area (Å²) >= 11 is 5.50. The molecule has 0 aromatic carbocycles. The zero-order valence-corrected chi connectivity index (χ0v) is 10.3. The summed E-state index contributed by atoms with van der Waals surface area (Å²) in [5, 5.41) is 3.34. The summed E-state index contributed by atoms with van der Waals surface area (Å²) in [7, 11) is 2.16. The molecule has 0 aromatic heterocycles. The normalized spacial score (nSPS) is 12.1. The van der Waals surface area contributed by atoms with Crippen molar-refractivity contribution in [2.75, 3.05) is 32.6 Å². The Kier molecular flexibility index (Phi) is 9.47. The molecule has 0 radical (unpaired) electrons. The summed E-state index contributed by atoms with van der Waals surface area (Å²) in [5.74, 6) is 0.609. The van der Waals surface area contributed by atoms with Crippen molar-refractivity contribution in [3.05, 3.63) is 12.2 Å². The van der Waals surface area contributed by atoms with Crippen LogP contribution < -0.4 is 5.32 Å². The minimum atomic E-state index is 0.609. The largest absolute Gasteiger partial charge is 0.313 e. The van der Waals surface area contributed by atoms with Gasteiger partial charge in [-0.15, -0.1) is 11.6 Å². The van der Waals surface area contributed by atoms with Crippen molar-refractivity contribution in [2.45, 2.75) is 26.3 Å². The first-order valence-electron chi connectivity index (χ1n) is 5.30. The van der Waals surface area contributed by atoms with E-state index >= 15 is 0 Å². The molecular weight excluding hydrogens is 196 g/mol. The van der Waals surface area contributed by atoms with Gasteiger partial charge in [-0.05, 0) is 40.4 Å². The Morgan fingerprint density at radius 2 is 2.07 bits per heavy atom. The van der Waals surface area contributed by atoms with Gasteiger partial charge in [0.1, 0.15) is 0 Å². The van der Waals surface area contributed by atoms with Crippen molar-refractivity contribution >= 4 is 11.6 Å². The molecule has 0 aliphatic heterocycles. The molecule has 0 aromatic rings. The molecule has 1 N–H and O–H groups in total. The van der Waals surface area contributed by atoms with E-state index in [1.165, 1.54) is 6.42 Å². The molecule has 0 rings (SSSR count). The predicted octanol–water partition coefficient (Wildman–Crippen LogP) is 2.10. The number of nitrogens with zero attached hydrogens (tertiary/aromatic N) is 1. The Hall–Kier alpha value is -0.0500. The van der Waals surface area contributed by atoms with Crippen LogP contribution in [0.4, 0.5) is 0 Å². The average molecular weight is 219 g/mol. The number of alkyl halides is 1. The van der Waals surface area contributed by atoms with E-state index in [1.807, 2.05) is 6.08 Å². The Bertz CT molecular complexity index is 146. The van der Waals surface area contributed by atoms with Crippen LogP contribution in [0.2, 0.25) is 0 Å². The van der Waals surface area contributed by atoms with E-state index < -0.39 is 0 Å². The topological polar surface area (TPSA) is 15.3 Å². The van der Waals surface area contributed by atoms with Gasteiger partial charge in [0.15, 0.2) is 0 Å². The molecule has 0 aliphatic rings. The lowest BCUT2D eigenvalue weighted by atomic mass is 10.3. The van der Waals surface area contributed by atoms with Gasteiger partial charge in [0.05, 0.1) is 0 Å². The monoisotopic (exact) mass is 218 g/mol. The minimum Gasteiger partial charge on any atom is -0.313 e. The molecule has 0 saturated carbocycles. The highest BCUT2D eigenvalue weighted by Crippen LogP contribution is 1.93. The molecular formula is C11H23ClN2. The summed E-state index contributed by atoms with van der Waals surface area (Å²) in [5.41, 5.74) is 0. The molecule has 0 saturated heterocycles. The van der Waals surface area contributed by atoms with Gasteiger partial charge in [0, 0.05) is 18.5 Å². The lowest BCUT2D eigenvalue weighted by Crippen LogP contribution is -2.29. The second-order valence-electron chi connectivity index (χ2n) is 3.76. The molecule has 0 spiro atoms. The third-order valence-electron chi connectivity index (χ3n) is 2.26. The second kappa shape index (κ2) is 9.50. The molecule has 0 bridgehead atoms. The number of hydrogen-bond acceptors (Lipinski definition) is 2. The molecule has 0 unspecified atom stereocenters. The van der Waals surface area contributed by atoms with Crippen LogP contribution in [0.25, 0.3) is 0 Å². The van der Waals surface area contributed by atoms with Gasteiger partial charge in [0.25, 0.3) is 0 Å². The fourth-order valence-electron chi connectivity index (χ4n) is 1.04. The van der Waals surface area contributed by atoms with Crippen molar-refractivity contribution in [1.29, 1.82) is 0 Å². The first kappa shape index (κ1) is 13.9.